The van der Waals surface area contributed by atoms with Crippen molar-refractivity contribution < 1.29 is 9.90 Å². The molecule has 1 aromatic heterocycles. The van der Waals surface area contributed by atoms with Crippen LogP contribution in [0.25, 0.3) is 22.4 Å². The number of amides is 1. The first-order valence-electron chi connectivity index (χ1n) is 10.5. The topological polar surface area (TPSA) is 81.2 Å². The average molecular weight is 407 g/mol. The van der Waals surface area contributed by atoms with Crippen LogP contribution < -0.4 is 5.32 Å². The Morgan fingerprint density at radius 1 is 1.03 bits per heavy atom. The van der Waals surface area contributed by atoms with Crippen molar-refractivity contribution in [1.82, 2.24) is 20.4 Å². The lowest BCUT2D eigenvalue weighted by molar-refractivity contribution is -0.120. The molecule has 2 aromatic carbocycles. The third kappa shape index (κ3) is 5.78. The van der Waals surface area contributed by atoms with Gasteiger partial charge in [-0.05, 0) is 25.1 Å². The van der Waals surface area contributed by atoms with E-state index in [2.05, 4.69) is 27.3 Å². The van der Waals surface area contributed by atoms with E-state index in [1.807, 2.05) is 60.7 Å². The van der Waals surface area contributed by atoms with Crippen LogP contribution in [-0.2, 0) is 11.2 Å². The molecule has 0 unspecified atom stereocenters. The number of hydrogen-bond donors (Lipinski definition) is 3. The van der Waals surface area contributed by atoms with Crippen LogP contribution in [0.4, 0.5) is 0 Å². The Hall–Kier alpha value is -2.96. The predicted molar refractivity (Wildman–Crippen MR) is 120 cm³/mol. The minimum Gasteiger partial charge on any atom is -0.395 e. The van der Waals surface area contributed by atoms with Gasteiger partial charge in [0.1, 0.15) is 0 Å². The van der Waals surface area contributed by atoms with E-state index in [1.54, 1.807) is 0 Å². The van der Waals surface area contributed by atoms with Gasteiger partial charge in [0.05, 0.1) is 24.4 Å². The Labute approximate surface area is 177 Å². The molecule has 0 saturated carbocycles. The Balaban J connectivity index is 1.69. The largest absolute Gasteiger partial charge is 0.395 e. The van der Waals surface area contributed by atoms with Crippen LogP contribution in [0.1, 0.15) is 19.0 Å². The molecular formula is C24H30N4O2. The zero-order chi connectivity index (χ0) is 21.2. The number of likely N-dealkylation sites (N-methyl/N-ethyl adjacent to an activating group) is 1. The second-order valence-corrected chi connectivity index (χ2v) is 7.19. The first kappa shape index (κ1) is 21.7. The second kappa shape index (κ2) is 11.3. The van der Waals surface area contributed by atoms with Crippen LogP contribution in [-0.4, -0.2) is 58.9 Å². The number of carbonyl (C=O) groups excluding carboxylic acids is 1. The molecule has 0 aliphatic heterocycles. The van der Waals surface area contributed by atoms with E-state index in [-0.39, 0.29) is 18.9 Å². The zero-order valence-electron chi connectivity index (χ0n) is 17.5. The highest BCUT2D eigenvalue weighted by molar-refractivity contribution is 5.87. The quantitative estimate of drug-likeness (QED) is 0.428. The summed E-state index contributed by atoms with van der Waals surface area (Å²) in [6, 6.07) is 20.1. The second-order valence-electron chi connectivity index (χ2n) is 7.19. The molecule has 0 spiro atoms. The predicted octanol–water partition coefficient (Wildman–Crippen LogP) is 3.11. The van der Waals surface area contributed by atoms with E-state index < -0.39 is 0 Å². The van der Waals surface area contributed by atoms with Gasteiger partial charge in [-0.25, -0.2) is 0 Å². The fraction of sp³-hybridized carbons (Fsp3) is 0.333. The van der Waals surface area contributed by atoms with Gasteiger partial charge in [0.2, 0.25) is 5.91 Å². The van der Waals surface area contributed by atoms with Crippen molar-refractivity contribution in [3.05, 3.63) is 66.4 Å². The molecule has 0 saturated heterocycles. The number of aliphatic hydroxyl groups excluding tert-OH is 1. The summed E-state index contributed by atoms with van der Waals surface area (Å²) in [4.78, 5) is 14.7. The summed E-state index contributed by atoms with van der Waals surface area (Å²) >= 11 is 0. The molecule has 0 atom stereocenters. The van der Waals surface area contributed by atoms with Crippen molar-refractivity contribution in [3.63, 3.8) is 0 Å². The smallest absolute Gasteiger partial charge is 0.226 e. The Bertz CT molecular complexity index is 909. The van der Waals surface area contributed by atoms with Gasteiger partial charge in [-0.2, -0.15) is 5.10 Å². The number of aromatic nitrogens is 2. The third-order valence-electron chi connectivity index (χ3n) is 5.13. The van der Waals surface area contributed by atoms with E-state index in [0.717, 1.165) is 47.6 Å². The summed E-state index contributed by atoms with van der Waals surface area (Å²) in [5, 5.41) is 19.7. The number of rotatable bonds is 11. The minimum absolute atomic E-state index is 0.0384. The number of H-pyrrole nitrogens is 1. The van der Waals surface area contributed by atoms with E-state index in [0.29, 0.717) is 13.1 Å². The van der Waals surface area contributed by atoms with Crippen LogP contribution >= 0.6 is 0 Å². The van der Waals surface area contributed by atoms with Gasteiger partial charge in [-0.3, -0.25) is 9.89 Å². The van der Waals surface area contributed by atoms with Crippen molar-refractivity contribution in [2.24, 2.45) is 0 Å². The van der Waals surface area contributed by atoms with Crippen molar-refractivity contribution >= 4 is 5.91 Å². The average Bonchev–Trinajstić information content (AvgIpc) is 3.20. The molecule has 6 heteroatoms. The van der Waals surface area contributed by atoms with Crippen molar-refractivity contribution in [3.8, 4) is 22.4 Å². The summed E-state index contributed by atoms with van der Waals surface area (Å²) in [6.07, 6.45) is 1.07. The van der Waals surface area contributed by atoms with Crippen LogP contribution in [0.5, 0.6) is 0 Å². The molecular weight excluding hydrogens is 376 g/mol. The fourth-order valence-electron chi connectivity index (χ4n) is 3.55. The van der Waals surface area contributed by atoms with E-state index in [1.165, 1.54) is 0 Å². The summed E-state index contributed by atoms with van der Waals surface area (Å²) in [5.41, 5.74) is 4.71. The summed E-state index contributed by atoms with van der Waals surface area (Å²) in [5.74, 6) is -0.0384. The molecule has 0 aliphatic rings. The first-order valence-corrected chi connectivity index (χ1v) is 10.5. The van der Waals surface area contributed by atoms with Crippen LogP contribution in [0.3, 0.4) is 0 Å². The number of nitrogens with zero attached hydrogens (tertiary/aromatic N) is 2. The van der Waals surface area contributed by atoms with Gasteiger partial charge >= 0.3 is 0 Å². The van der Waals surface area contributed by atoms with Crippen molar-refractivity contribution in [1.29, 1.82) is 0 Å². The number of aromatic amines is 1. The van der Waals surface area contributed by atoms with Gasteiger partial charge in [-0.1, -0.05) is 67.6 Å². The molecule has 30 heavy (non-hydrogen) atoms. The SMILES string of the molecule is CCN(CCO)CCCNC(=O)Cc1n[nH]c(-c2ccccc2)c1-c1ccccc1. The molecule has 6 nitrogen and oxygen atoms in total. The van der Waals surface area contributed by atoms with Gasteiger partial charge in [0, 0.05) is 24.2 Å². The number of hydrogen-bond acceptors (Lipinski definition) is 4. The molecule has 3 aromatic rings. The third-order valence-corrected chi connectivity index (χ3v) is 5.13. The fourth-order valence-corrected chi connectivity index (χ4v) is 3.55. The maximum Gasteiger partial charge on any atom is 0.226 e. The molecule has 3 rings (SSSR count). The normalized spacial score (nSPS) is 11.0. The lowest BCUT2D eigenvalue weighted by Crippen LogP contribution is -2.32. The van der Waals surface area contributed by atoms with Gasteiger partial charge < -0.3 is 15.3 Å². The summed E-state index contributed by atoms with van der Waals surface area (Å²) in [7, 11) is 0. The monoisotopic (exact) mass is 406 g/mol. The van der Waals surface area contributed by atoms with Gasteiger partial charge in [-0.15, -0.1) is 0 Å². The first-order chi connectivity index (χ1) is 14.7. The molecule has 158 valence electrons. The van der Waals surface area contributed by atoms with Crippen LogP contribution in [0.2, 0.25) is 0 Å². The number of benzene rings is 2. The zero-order valence-corrected chi connectivity index (χ0v) is 17.5. The number of aliphatic hydroxyl groups is 1. The molecule has 1 amide bonds. The molecule has 1 heterocycles. The highest BCUT2D eigenvalue weighted by Gasteiger charge is 2.18. The molecule has 0 bridgehead atoms. The summed E-state index contributed by atoms with van der Waals surface area (Å²) < 4.78 is 0. The minimum atomic E-state index is -0.0384. The number of carbonyl (C=O) groups is 1. The summed E-state index contributed by atoms with van der Waals surface area (Å²) in [6.45, 7) is 5.25. The lowest BCUT2D eigenvalue weighted by Gasteiger charge is -2.18. The maximum absolute atomic E-state index is 12.6. The van der Waals surface area contributed by atoms with Crippen LogP contribution in [0, 0.1) is 0 Å². The van der Waals surface area contributed by atoms with Crippen molar-refractivity contribution in [2.45, 2.75) is 19.8 Å². The van der Waals surface area contributed by atoms with Gasteiger partial charge in [0.25, 0.3) is 0 Å². The Kier molecular flexibility index (Phi) is 8.18. The number of nitrogens with one attached hydrogen (secondary N) is 2. The highest BCUT2D eigenvalue weighted by Crippen LogP contribution is 2.33. The maximum atomic E-state index is 12.6. The Morgan fingerprint density at radius 3 is 2.33 bits per heavy atom. The van der Waals surface area contributed by atoms with E-state index >= 15 is 0 Å². The molecule has 0 aliphatic carbocycles. The van der Waals surface area contributed by atoms with Crippen molar-refractivity contribution in [2.75, 3.05) is 32.8 Å². The standard InChI is InChI=1S/C24H30N4O2/c1-2-28(16-17-29)15-9-14-25-22(30)18-21-23(19-10-5-3-6-11-19)24(27-26-21)20-12-7-4-8-13-20/h3-8,10-13,29H,2,9,14-18H2,1H3,(H,25,30)(H,26,27). The van der Waals surface area contributed by atoms with Gasteiger partial charge in [0.15, 0.2) is 0 Å². The highest BCUT2D eigenvalue weighted by atomic mass is 16.3. The van der Waals surface area contributed by atoms with E-state index in [4.69, 9.17) is 5.11 Å². The van der Waals surface area contributed by atoms with E-state index in [9.17, 15) is 4.79 Å². The molecule has 0 fully saturated rings. The van der Waals surface area contributed by atoms with Crippen LogP contribution in [0.15, 0.2) is 60.7 Å². The lowest BCUT2D eigenvalue weighted by atomic mass is 9.98. The molecule has 0 radical (unpaired) electrons. The molecule has 3 N–H and O–H groups in total. The Morgan fingerprint density at radius 2 is 1.70 bits per heavy atom.